The fourth-order valence-corrected chi connectivity index (χ4v) is 2.20. The highest BCUT2D eigenvalue weighted by Gasteiger charge is 2.07. The van der Waals surface area contributed by atoms with E-state index in [1.165, 1.54) is 10.9 Å². The zero-order valence-corrected chi connectivity index (χ0v) is 11.4. The molecule has 0 aliphatic heterocycles. The normalized spacial score (nSPS) is 12.5. The van der Waals surface area contributed by atoms with E-state index >= 15 is 0 Å². The van der Waals surface area contributed by atoms with Crippen molar-refractivity contribution in [2.45, 2.75) is 25.9 Å². The van der Waals surface area contributed by atoms with Gasteiger partial charge in [0.05, 0.1) is 6.61 Å². The van der Waals surface area contributed by atoms with Gasteiger partial charge < -0.3 is 14.6 Å². The van der Waals surface area contributed by atoms with Gasteiger partial charge in [-0.2, -0.15) is 0 Å². The standard InChI is InChI=1S/C15H20N2O2/c1-12(11-19-2)16-15(18)8-10-17-9-7-13-5-3-4-6-14(13)17/h3-7,9,12H,8,10-11H2,1-2H3,(H,16,18)/t12-/m0/s1. The van der Waals surface area contributed by atoms with Crippen LogP contribution in [0.5, 0.6) is 0 Å². The number of amides is 1. The molecule has 1 atom stereocenters. The molecule has 1 heterocycles. The summed E-state index contributed by atoms with van der Waals surface area (Å²) in [5.74, 6) is 0.0577. The molecule has 19 heavy (non-hydrogen) atoms. The summed E-state index contributed by atoms with van der Waals surface area (Å²) in [4.78, 5) is 11.8. The van der Waals surface area contributed by atoms with Crippen LogP contribution in [0.15, 0.2) is 36.5 Å². The number of rotatable bonds is 6. The van der Waals surface area contributed by atoms with Crippen molar-refractivity contribution in [1.82, 2.24) is 9.88 Å². The number of carbonyl (C=O) groups is 1. The number of carbonyl (C=O) groups excluding carboxylic acids is 1. The summed E-state index contributed by atoms with van der Waals surface area (Å²) in [6.07, 6.45) is 2.50. The van der Waals surface area contributed by atoms with Gasteiger partial charge in [-0.3, -0.25) is 4.79 Å². The highest BCUT2D eigenvalue weighted by atomic mass is 16.5. The Morgan fingerprint density at radius 1 is 1.37 bits per heavy atom. The number of hydrogen-bond donors (Lipinski definition) is 1. The summed E-state index contributed by atoms with van der Waals surface area (Å²) >= 11 is 0. The molecular formula is C15H20N2O2. The zero-order chi connectivity index (χ0) is 13.7. The van der Waals surface area contributed by atoms with E-state index in [1.54, 1.807) is 7.11 Å². The third-order valence-electron chi connectivity index (χ3n) is 3.08. The molecule has 1 amide bonds. The van der Waals surface area contributed by atoms with Crippen LogP contribution in [-0.4, -0.2) is 30.2 Å². The lowest BCUT2D eigenvalue weighted by Gasteiger charge is -2.13. The Morgan fingerprint density at radius 2 is 2.16 bits per heavy atom. The summed E-state index contributed by atoms with van der Waals surface area (Å²) in [6.45, 7) is 3.17. The van der Waals surface area contributed by atoms with Gasteiger partial charge in [-0.05, 0) is 24.4 Å². The Bertz CT molecular complexity index is 548. The lowest BCUT2D eigenvalue weighted by Crippen LogP contribution is -2.35. The first-order valence-corrected chi connectivity index (χ1v) is 6.53. The number of nitrogens with zero attached hydrogens (tertiary/aromatic N) is 1. The summed E-state index contributed by atoms with van der Waals surface area (Å²) in [5, 5.41) is 4.12. The van der Waals surface area contributed by atoms with Crippen molar-refractivity contribution in [2.24, 2.45) is 0 Å². The molecule has 0 radical (unpaired) electrons. The first-order chi connectivity index (χ1) is 9.20. The van der Waals surface area contributed by atoms with Crippen molar-refractivity contribution in [3.63, 3.8) is 0 Å². The zero-order valence-electron chi connectivity index (χ0n) is 11.4. The van der Waals surface area contributed by atoms with Crippen LogP contribution in [0, 0.1) is 0 Å². The third kappa shape index (κ3) is 3.58. The van der Waals surface area contributed by atoms with Crippen LogP contribution < -0.4 is 5.32 Å². The molecule has 0 saturated carbocycles. The van der Waals surface area contributed by atoms with Crippen LogP contribution in [0.3, 0.4) is 0 Å². The predicted octanol–water partition coefficient (Wildman–Crippen LogP) is 2.18. The van der Waals surface area contributed by atoms with E-state index < -0.39 is 0 Å². The quantitative estimate of drug-likeness (QED) is 0.865. The molecule has 0 spiro atoms. The second-order valence-electron chi connectivity index (χ2n) is 4.74. The van der Waals surface area contributed by atoms with Crippen molar-refractivity contribution in [3.8, 4) is 0 Å². The third-order valence-corrected chi connectivity index (χ3v) is 3.08. The van der Waals surface area contributed by atoms with Gasteiger partial charge >= 0.3 is 0 Å². The highest BCUT2D eigenvalue weighted by molar-refractivity contribution is 5.80. The number of ether oxygens (including phenoxy) is 1. The Kier molecular flexibility index (Phi) is 4.58. The van der Waals surface area contributed by atoms with Crippen LogP contribution in [0.25, 0.3) is 10.9 Å². The molecule has 2 aromatic rings. The van der Waals surface area contributed by atoms with Gasteiger partial charge in [0.1, 0.15) is 0 Å². The monoisotopic (exact) mass is 260 g/mol. The first-order valence-electron chi connectivity index (χ1n) is 6.53. The maximum atomic E-state index is 11.8. The number of fused-ring (bicyclic) bond motifs is 1. The van der Waals surface area contributed by atoms with E-state index in [1.807, 2.05) is 25.3 Å². The average Bonchev–Trinajstić information content (AvgIpc) is 2.80. The fourth-order valence-electron chi connectivity index (χ4n) is 2.20. The number of methoxy groups -OCH3 is 1. The van der Waals surface area contributed by atoms with E-state index in [-0.39, 0.29) is 11.9 Å². The molecule has 1 N–H and O–H groups in total. The molecule has 0 fully saturated rings. The van der Waals surface area contributed by atoms with Gasteiger partial charge in [0, 0.05) is 37.8 Å². The Labute approximate surface area is 113 Å². The van der Waals surface area contributed by atoms with Crippen molar-refractivity contribution in [3.05, 3.63) is 36.5 Å². The van der Waals surface area contributed by atoms with E-state index in [0.29, 0.717) is 19.6 Å². The van der Waals surface area contributed by atoms with Crippen molar-refractivity contribution >= 4 is 16.8 Å². The van der Waals surface area contributed by atoms with Gasteiger partial charge in [-0.15, -0.1) is 0 Å². The van der Waals surface area contributed by atoms with E-state index in [9.17, 15) is 4.79 Å². The maximum Gasteiger partial charge on any atom is 0.222 e. The van der Waals surface area contributed by atoms with Gasteiger partial charge in [-0.25, -0.2) is 0 Å². The number of nitrogens with one attached hydrogen (secondary N) is 1. The van der Waals surface area contributed by atoms with Crippen LogP contribution >= 0.6 is 0 Å². The molecular weight excluding hydrogens is 240 g/mol. The second-order valence-corrected chi connectivity index (χ2v) is 4.74. The SMILES string of the molecule is COC[C@H](C)NC(=O)CCn1ccc2ccccc21. The Balaban J connectivity index is 1.90. The summed E-state index contributed by atoms with van der Waals surface area (Å²) in [6, 6.07) is 10.3. The molecule has 0 bridgehead atoms. The minimum absolute atomic E-state index is 0.0545. The lowest BCUT2D eigenvalue weighted by atomic mass is 10.2. The molecule has 4 heteroatoms. The van der Waals surface area contributed by atoms with Crippen LogP contribution in [-0.2, 0) is 16.1 Å². The van der Waals surface area contributed by atoms with Crippen molar-refractivity contribution in [2.75, 3.05) is 13.7 Å². The maximum absolute atomic E-state index is 11.8. The van der Waals surface area contributed by atoms with Crippen LogP contribution in [0.1, 0.15) is 13.3 Å². The number of benzene rings is 1. The second kappa shape index (κ2) is 6.38. The van der Waals surface area contributed by atoms with Gasteiger partial charge in [0.15, 0.2) is 0 Å². The highest BCUT2D eigenvalue weighted by Crippen LogP contribution is 2.15. The number of hydrogen-bond acceptors (Lipinski definition) is 2. The lowest BCUT2D eigenvalue weighted by molar-refractivity contribution is -0.122. The Morgan fingerprint density at radius 3 is 2.95 bits per heavy atom. The van der Waals surface area contributed by atoms with E-state index in [4.69, 9.17) is 4.74 Å². The number of aryl methyl sites for hydroxylation is 1. The summed E-state index contributed by atoms with van der Waals surface area (Å²) in [5.41, 5.74) is 1.17. The summed E-state index contributed by atoms with van der Waals surface area (Å²) < 4.78 is 7.10. The van der Waals surface area contributed by atoms with Gasteiger partial charge in [-0.1, -0.05) is 18.2 Å². The molecule has 2 rings (SSSR count). The number of para-hydroxylation sites is 1. The van der Waals surface area contributed by atoms with E-state index in [0.717, 1.165) is 0 Å². The molecule has 1 aromatic carbocycles. The summed E-state index contributed by atoms with van der Waals surface area (Å²) in [7, 11) is 1.63. The van der Waals surface area contributed by atoms with E-state index in [2.05, 4.69) is 28.1 Å². The van der Waals surface area contributed by atoms with Gasteiger partial charge in [0.25, 0.3) is 0 Å². The predicted molar refractivity (Wildman–Crippen MR) is 76.0 cm³/mol. The fraction of sp³-hybridized carbons (Fsp3) is 0.400. The molecule has 4 nitrogen and oxygen atoms in total. The molecule has 102 valence electrons. The van der Waals surface area contributed by atoms with Crippen LogP contribution in [0.4, 0.5) is 0 Å². The van der Waals surface area contributed by atoms with Crippen molar-refractivity contribution < 1.29 is 9.53 Å². The number of aromatic nitrogens is 1. The largest absolute Gasteiger partial charge is 0.383 e. The average molecular weight is 260 g/mol. The van der Waals surface area contributed by atoms with Gasteiger partial charge in [0.2, 0.25) is 5.91 Å². The Hall–Kier alpha value is -1.81. The van der Waals surface area contributed by atoms with Crippen LogP contribution in [0.2, 0.25) is 0 Å². The van der Waals surface area contributed by atoms with Crippen molar-refractivity contribution in [1.29, 1.82) is 0 Å². The molecule has 0 unspecified atom stereocenters. The minimum atomic E-state index is 0.0545. The smallest absolute Gasteiger partial charge is 0.222 e. The molecule has 0 aliphatic rings. The molecule has 1 aromatic heterocycles. The minimum Gasteiger partial charge on any atom is -0.383 e. The topological polar surface area (TPSA) is 43.3 Å². The molecule has 0 aliphatic carbocycles. The first kappa shape index (κ1) is 13.6. The molecule has 0 saturated heterocycles.